The van der Waals surface area contributed by atoms with Crippen LogP contribution in [0.3, 0.4) is 0 Å². The van der Waals surface area contributed by atoms with Crippen molar-refractivity contribution in [3.8, 4) is 0 Å². The number of hydrazine groups is 1. The average molecular weight is 961 g/mol. The molecule has 4 saturated heterocycles. The van der Waals surface area contributed by atoms with Gasteiger partial charge in [-0.05, 0) is 25.7 Å². The molecule has 14 atom stereocenters. The zero-order valence-electron chi connectivity index (χ0n) is 33.8. The van der Waals surface area contributed by atoms with E-state index in [1.807, 2.05) is 16.7 Å². The minimum Gasteiger partial charge on any atom is -0.388 e. The lowest BCUT2D eigenvalue weighted by Gasteiger charge is -2.42. The second-order valence-corrected chi connectivity index (χ2v) is 19.5. The summed E-state index contributed by atoms with van der Waals surface area (Å²) in [6.07, 6.45) is -8.56. The number of H-pyrrole nitrogens is 1. The number of urea groups is 1. The van der Waals surface area contributed by atoms with Gasteiger partial charge in [-0.25, -0.2) is 24.1 Å². The highest BCUT2D eigenvalue weighted by Gasteiger charge is 2.50. The third kappa shape index (κ3) is 14.6. The monoisotopic (exact) mass is 960 g/mol. The number of phosphoric acid groups is 2. The molecular formula is C33H54N8O19P2S. The van der Waals surface area contributed by atoms with E-state index in [9.17, 15) is 68.1 Å². The third-order valence-electron chi connectivity index (χ3n) is 10.4. The van der Waals surface area contributed by atoms with Crippen LogP contribution < -0.4 is 43.4 Å². The molecule has 13 N–H and O–H groups in total. The Kier molecular flexibility index (Phi) is 18.3. The Morgan fingerprint density at radius 2 is 1.62 bits per heavy atom. The van der Waals surface area contributed by atoms with Gasteiger partial charge in [0.15, 0.2) is 12.5 Å². The fourth-order valence-corrected chi connectivity index (χ4v) is 11.0. The number of amides is 5. The molecule has 356 valence electrons. The summed E-state index contributed by atoms with van der Waals surface area (Å²) < 4.78 is 51.1. The molecule has 4 fully saturated rings. The topological polar surface area (TPSA) is 397 Å². The van der Waals surface area contributed by atoms with Gasteiger partial charge < -0.3 is 61.0 Å². The van der Waals surface area contributed by atoms with Gasteiger partial charge in [-0.3, -0.25) is 43.2 Å². The van der Waals surface area contributed by atoms with Gasteiger partial charge in [-0.2, -0.15) is 16.1 Å². The normalized spacial score (nSPS) is 32.1. The second kappa shape index (κ2) is 22.7. The van der Waals surface area contributed by atoms with E-state index in [0.717, 1.165) is 48.8 Å². The van der Waals surface area contributed by atoms with Crippen LogP contribution in [-0.4, -0.2) is 155 Å². The van der Waals surface area contributed by atoms with Gasteiger partial charge >= 0.3 is 27.4 Å². The third-order valence-corrected chi connectivity index (χ3v) is 14.5. The molecule has 1 aromatic rings. The van der Waals surface area contributed by atoms with Crippen LogP contribution in [0.15, 0.2) is 21.9 Å². The molecular weight excluding hydrogens is 906 g/mol. The number of thioether (sulfide) groups is 1. The number of unbranched alkanes of at least 4 members (excludes halogenated alkanes) is 3. The molecule has 5 amide bonds. The molecule has 0 aromatic carbocycles. The summed E-state index contributed by atoms with van der Waals surface area (Å²) in [5.41, 5.74) is 3.10. The zero-order valence-corrected chi connectivity index (χ0v) is 36.4. The molecule has 0 saturated carbocycles. The number of carbonyl (C=O) groups is 4. The Balaban J connectivity index is 0.996. The molecule has 0 radical (unpaired) electrons. The first-order chi connectivity index (χ1) is 29.7. The molecule has 0 aliphatic carbocycles. The molecule has 4 aliphatic heterocycles. The van der Waals surface area contributed by atoms with E-state index in [1.54, 1.807) is 0 Å². The lowest BCUT2D eigenvalue weighted by molar-refractivity contribution is -0.239. The van der Waals surface area contributed by atoms with Crippen molar-refractivity contribution in [3.63, 3.8) is 0 Å². The molecule has 4 aliphatic rings. The van der Waals surface area contributed by atoms with E-state index in [2.05, 4.69) is 41.0 Å². The maximum Gasteiger partial charge on any atom is 0.483 e. The number of aliphatic hydroxyl groups excluding tert-OH is 4. The Morgan fingerprint density at radius 3 is 2.35 bits per heavy atom. The van der Waals surface area contributed by atoms with E-state index in [0.29, 0.717) is 37.5 Å². The number of phosphoric ester groups is 2. The number of nitrogens with one attached hydrogen (secondary N) is 7. The van der Waals surface area contributed by atoms with E-state index >= 15 is 0 Å². The van der Waals surface area contributed by atoms with Gasteiger partial charge in [0.25, 0.3) is 5.56 Å². The van der Waals surface area contributed by atoms with Crippen molar-refractivity contribution in [2.24, 2.45) is 0 Å². The van der Waals surface area contributed by atoms with Crippen LogP contribution in [0, 0.1) is 0 Å². The number of aliphatic hydroxyl groups is 4. The SMILES string of the molecule is CC(=O)N[C@H]1[C@@H](OP(=O)(O)OP(=O)(O)OC[C@H]2O[C@@H](n3ccc(=O)[nH]c3=O)[C@H](O)[C@@H]2O)O[C@H](CNNC(=O)CCCCCNC(=O)CCCC[C@@H]2SC[C@H]3NC(=O)N[C@@H]23)[C@H](O)[C@@H]1O. The molecule has 30 heteroatoms. The van der Waals surface area contributed by atoms with E-state index in [-0.39, 0.29) is 30.4 Å². The first-order valence-corrected chi connectivity index (χ1v) is 24.1. The summed E-state index contributed by atoms with van der Waals surface area (Å²) in [6, 6.07) is -0.662. The van der Waals surface area contributed by atoms with E-state index in [1.165, 1.54) is 0 Å². The fraction of sp³-hybridized carbons (Fsp3) is 0.758. The van der Waals surface area contributed by atoms with Crippen LogP contribution >= 0.6 is 27.4 Å². The second-order valence-electron chi connectivity index (χ2n) is 15.2. The Labute approximate surface area is 362 Å². The van der Waals surface area contributed by atoms with Crippen molar-refractivity contribution in [2.75, 3.05) is 25.4 Å². The molecule has 1 aromatic heterocycles. The average Bonchev–Trinajstić information content (AvgIpc) is 3.85. The molecule has 63 heavy (non-hydrogen) atoms. The summed E-state index contributed by atoms with van der Waals surface area (Å²) in [4.78, 5) is 94.1. The minimum absolute atomic E-state index is 0.0648. The predicted octanol–water partition coefficient (Wildman–Crippen LogP) is -3.62. The standard InChI is InChI=1S/C33H54N8O19P2S/c1-16(42)36-25-28(48)26(46)18(13-35-40-23(45)9-3-2-6-11-34-21(43)8-5-4-7-20-24-17(15-63-20)37-32(50)39-24)58-31(25)59-62(54,55)60-61(52,53)56-14-19-27(47)29(49)30(57-19)41-12-10-22(44)38-33(41)51/h10,12,17-20,24-31,35,46-49H,2-9,11,13-15H2,1H3,(H,34,43)(H,36,42)(H,40,45)(H,52,53)(H,54,55)(H2,37,39,50)(H,38,44,51)/t17-,18-,19-,20+,24-,25-,26+,27-,28-,29-,30-,31-/m1/s1. The number of aromatic nitrogens is 2. The van der Waals surface area contributed by atoms with Crippen molar-refractivity contribution in [1.29, 1.82) is 0 Å². The molecule has 5 rings (SSSR count). The van der Waals surface area contributed by atoms with Crippen molar-refractivity contribution in [3.05, 3.63) is 33.1 Å². The Morgan fingerprint density at radius 1 is 0.905 bits per heavy atom. The van der Waals surface area contributed by atoms with Crippen molar-refractivity contribution in [2.45, 2.75) is 131 Å². The molecule has 0 bridgehead atoms. The summed E-state index contributed by atoms with van der Waals surface area (Å²) in [6.45, 7) is -0.0649. The number of rotatable bonds is 23. The maximum atomic E-state index is 12.9. The zero-order chi connectivity index (χ0) is 46.1. The number of hydrogen-bond acceptors (Lipinski definition) is 19. The summed E-state index contributed by atoms with van der Waals surface area (Å²) in [5.74, 6) is -0.468. The van der Waals surface area contributed by atoms with Crippen molar-refractivity contribution in [1.82, 2.24) is 41.7 Å². The largest absolute Gasteiger partial charge is 0.483 e. The summed E-state index contributed by atoms with van der Waals surface area (Å²) in [5, 5.41) is 53.4. The Bertz CT molecular complexity index is 1980. The Hall–Kier alpha value is -3.31. The van der Waals surface area contributed by atoms with Crippen LogP contribution in [0.25, 0.3) is 0 Å². The van der Waals surface area contributed by atoms with Crippen molar-refractivity contribution < 1.29 is 81.4 Å². The van der Waals surface area contributed by atoms with Gasteiger partial charge in [0.05, 0.1) is 18.7 Å². The first kappa shape index (κ1) is 50.7. The maximum absolute atomic E-state index is 12.9. The van der Waals surface area contributed by atoms with Gasteiger partial charge in [0.2, 0.25) is 17.7 Å². The number of nitrogens with zero attached hydrogens (tertiary/aromatic N) is 1. The summed E-state index contributed by atoms with van der Waals surface area (Å²) >= 11 is 1.83. The lowest BCUT2D eigenvalue weighted by Crippen LogP contribution is -2.65. The number of fused-ring (bicyclic) bond motifs is 1. The number of aromatic amines is 1. The molecule has 0 spiro atoms. The smallest absolute Gasteiger partial charge is 0.388 e. The van der Waals surface area contributed by atoms with Gasteiger partial charge in [0, 0.05) is 56.1 Å². The lowest BCUT2D eigenvalue weighted by atomic mass is 9.96. The molecule has 2 unspecified atom stereocenters. The van der Waals surface area contributed by atoms with E-state index < -0.39 is 107 Å². The van der Waals surface area contributed by atoms with Gasteiger partial charge in [0.1, 0.15) is 42.7 Å². The van der Waals surface area contributed by atoms with Crippen LogP contribution in [0.5, 0.6) is 0 Å². The van der Waals surface area contributed by atoms with Gasteiger partial charge in [-0.15, -0.1) is 0 Å². The summed E-state index contributed by atoms with van der Waals surface area (Å²) in [7, 11) is -11.4. The van der Waals surface area contributed by atoms with Crippen LogP contribution in [0.1, 0.15) is 64.5 Å². The van der Waals surface area contributed by atoms with Gasteiger partial charge in [-0.1, -0.05) is 12.8 Å². The number of carbonyl (C=O) groups excluding carboxylic acids is 4. The van der Waals surface area contributed by atoms with Crippen LogP contribution in [-0.2, 0) is 46.3 Å². The molecule has 5 heterocycles. The highest BCUT2D eigenvalue weighted by molar-refractivity contribution is 8.00. The van der Waals surface area contributed by atoms with Crippen molar-refractivity contribution >= 4 is 51.2 Å². The number of hydrogen-bond donors (Lipinski definition) is 13. The quantitative estimate of drug-likeness (QED) is 0.0218. The molecule has 27 nitrogen and oxygen atoms in total. The highest BCUT2D eigenvalue weighted by Crippen LogP contribution is 2.61. The van der Waals surface area contributed by atoms with Crippen LogP contribution in [0.2, 0.25) is 0 Å². The first-order valence-electron chi connectivity index (χ1n) is 20.0. The fourth-order valence-electron chi connectivity index (χ4n) is 7.26. The predicted molar refractivity (Wildman–Crippen MR) is 215 cm³/mol. The minimum atomic E-state index is -5.74. The van der Waals surface area contributed by atoms with E-state index in [4.69, 9.17) is 14.0 Å². The van der Waals surface area contributed by atoms with Crippen LogP contribution in [0.4, 0.5) is 4.79 Å². The number of ether oxygens (including phenoxy) is 2. The highest BCUT2D eigenvalue weighted by atomic mass is 32.2.